The molecule has 0 saturated carbocycles. The minimum Gasteiger partial charge on any atom is -0.356 e. The van der Waals surface area contributed by atoms with Gasteiger partial charge in [0, 0.05) is 38.6 Å². The first-order valence-corrected chi connectivity index (χ1v) is 11.6. The van der Waals surface area contributed by atoms with Crippen molar-refractivity contribution in [1.29, 1.82) is 0 Å². The van der Waals surface area contributed by atoms with Crippen LogP contribution in [0.25, 0.3) is 0 Å². The second kappa shape index (κ2) is 10.2. The van der Waals surface area contributed by atoms with Crippen LogP contribution in [0.4, 0.5) is 11.6 Å². The van der Waals surface area contributed by atoms with Crippen molar-refractivity contribution in [3.63, 3.8) is 0 Å². The van der Waals surface area contributed by atoms with Crippen LogP contribution in [-0.2, 0) is 4.79 Å². The van der Waals surface area contributed by atoms with Gasteiger partial charge in [0.2, 0.25) is 5.91 Å². The Balaban J connectivity index is 1.17. The molecular formula is C22H36N6O. The molecule has 0 atom stereocenters. The fourth-order valence-electron chi connectivity index (χ4n) is 4.81. The van der Waals surface area contributed by atoms with Crippen LogP contribution in [0.15, 0.2) is 12.1 Å². The molecule has 1 aromatic rings. The fourth-order valence-corrected chi connectivity index (χ4v) is 4.81. The molecular weight excluding hydrogens is 364 g/mol. The molecule has 7 nitrogen and oxygen atoms in total. The standard InChI is InChI=1S/C22H36N6O/c29-22(23-11-6-14-26-12-4-5-13-26)19-9-17-28(18-10-19)21-8-7-20(24-25-21)27-15-2-1-3-16-27/h7-8,19H,1-6,9-18H2,(H,23,29). The zero-order valence-corrected chi connectivity index (χ0v) is 17.7. The molecule has 3 aliphatic rings. The minimum absolute atomic E-state index is 0.138. The number of carbonyl (C=O) groups is 1. The van der Waals surface area contributed by atoms with Gasteiger partial charge in [0.15, 0.2) is 11.6 Å². The molecule has 4 heterocycles. The van der Waals surface area contributed by atoms with Crippen LogP contribution in [-0.4, -0.2) is 73.4 Å². The smallest absolute Gasteiger partial charge is 0.223 e. The first kappa shape index (κ1) is 20.4. The van der Waals surface area contributed by atoms with Crippen molar-refractivity contribution >= 4 is 17.5 Å². The molecule has 0 aliphatic carbocycles. The SMILES string of the molecule is O=C(NCCCN1CCCC1)C1CCN(c2ccc(N3CCCCC3)nn2)CC1. The van der Waals surface area contributed by atoms with Crippen molar-refractivity contribution in [2.75, 3.05) is 62.2 Å². The summed E-state index contributed by atoms with van der Waals surface area (Å²) in [5.74, 6) is 2.31. The highest BCUT2D eigenvalue weighted by molar-refractivity contribution is 5.78. The second-order valence-electron chi connectivity index (χ2n) is 8.75. The van der Waals surface area contributed by atoms with Gasteiger partial charge in [-0.05, 0) is 83.1 Å². The summed E-state index contributed by atoms with van der Waals surface area (Å²) >= 11 is 0. The van der Waals surface area contributed by atoms with E-state index in [2.05, 4.69) is 42.3 Å². The van der Waals surface area contributed by atoms with E-state index in [4.69, 9.17) is 0 Å². The Bertz CT molecular complexity index is 631. The van der Waals surface area contributed by atoms with Crippen LogP contribution in [0.2, 0.25) is 0 Å². The Labute approximate surface area is 174 Å². The first-order valence-electron chi connectivity index (χ1n) is 11.6. The zero-order valence-electron chi connectivity index (χ0n) is 17.7. The van der Waals surface area contributed by atoms with Gasteiger partial charge in [0.05, 0.1) is 0 Å². The number of piperidine rings is 2. The lowest BCUT2D eigenvalue weighted by atomic mass is 9.96. The molecule has 1 N–H and O–H groups in total. The van der Waals surface area contributed by atoms with Crippen LogP contribution >= 0.6 is 0 Å². The van der Waals surface area contributed by atoms with Gasteiger partial charge in [-0.15, -0.1) is 10.2 Å². The Morgan fingerprint density at radius 1 is 0.862 bits per heavy atom. The highest BCUT2D eigenvalue weighted by Crippen LogP contribution is 2.23. The fraction of sp³-hybridized carbons (Fsp3) is 0.773. The molecule has 0 aromatic carbocycles. The topological polar surface area (TPSA) is 64.6 Å². The van der Waals surface area contributed by atoms with E-state index in [1.807, 2.05) is 0 Å². The molecule has 7 heteroatoms. The van der Waals surface area contributed by atoms with Crippen molar-refractivity contribution in [1.82, 2.24) is 20.4 Å². The average molecular weight is 401 g/mol. The molecule has 1 aromatic heterocycles. The predicted octanol–water partition coefficient (Wildman–Crippen LogP) is 2.29. The number of carbonyl (C=O) groups excluding carboxylic acids is 1. The average Bonchev–Trinajstić information content (AvgIpc) is 3.31. The molecule has 3 saturated heterocycles. The normalized spacial score (nSPS) is 21.5. The summed E-state index contributed by atoms with van der Waals surface area (Å²) in [6, 6.07) is 4.20. The number of rotatable bonds is 7. The van der Waals surface area contributed by atoms with Crippen LogP contribution in [0.5, 0.6) is 0 Å². The third-order valence-electron chi connectivity index (χ3n) is 6.66. The summed E-state index contributed by atoms with van der Waals surface area (Å²) < 4.78 is 0. The third kappa shape index (κ3) is 5.59. The van der Waals surface area contributed by atoms with Crippen molar-refractivity contribution in [2.24, 2.45) is 5.92 Å². The number of hydrogen-bond donors (Lipinski definition) is 1. The Kier molecular flexibility index (Phi) is 7.19. The van der Waals surface area contributed by atoms with Gasteiger partial charge in [-0.25, -0.2) is 0 Å². The molecule has 0 spiro atoms. The number of likely N-dealkylation sites (tertiary alicyclic amines) is 1. The quantitative estimate of drug-likeness (QED) is 0.709. The zero-order chi connectivity index (χ0) is 19.9. The van der Waals surface area contributed by atoms with Gasteiger partial charge in [0.1, 0.15) is 0 Å². The maximum absolute atomic E-state index is 12.5. The molecule has 3 aliphatic heterocycles. The number of aromatic nitrogens is 2. The van der Waals surface area contributed by atoms with Gasteiger partial charge in [0.25, 0.3) is 0 Å². The summed E-state index contributed by atoms with van der Waals surface area (Å²) in [6.07, 6.45) is 9.33. The van der Waals surface area contributed by atoms with Crippen LogP contribution in [0.3, 0.4) is 0 Å². The van der Waals surface area contributed by atoms with E-state index in [9.17, 15) is 4.79 Å². The Morgan fingerprint density at radius 2 is 1.45 bits per heavy atom. The van der Waals surface area contributed by atoms with Crippen molar-refractivity contribution in [3.8, 4) is 0 Å². The monoisotopic (exact) mass is 400 g/mol. The predicted molar refractivity (Wildman–Crippen MR) is 116 cm³/mol. The highest BCUT2D eigenvalue weighted by Gasteiger charge is 2.26. The lowest BCUT2D eigenvalue weighted by Crippen LogP contribution is -2.41. The van der Waals surface area contributed by atoms with Gasteiger partial charge in [-0.3, -0.25) is 4.79 Å². The largest absolute Gasteiger partial charge is 0.356 e. The van der Waals surface area contributed by atoms with E-state index in [0.717, 1.165) is 70.2 Å². The van der Waals surface area contributed by atoms with E-state index < -0.39 is 0 Å². The Morgan fingerprint density at radius 3 is 2.07 bits per heavy atom. The molecule has 160 valence electrons. The molecule has 29 heavy (non-hydrogen) atoms. The molecule has 0 unspecified atom stereocenters. The number of anilines is 2. The lowest BCUT2D eigenvalue weighted by molar-refractivity contribution is -0.125. The number of hydrogen-bond acceptors (Lipinski definition) is 6. The minimum atomic E-state index is 0.138. The lowest BCUT2D eigenvalue weighted by Gasteiger charge is -2.32. The number of amides is 1. The van der Waals surface area contributed by atoms with Crippen LogP contribution in [0, 0.1) is 5.92 Å². The van der Waals surface area contributed by atoms with Gasteiger partial charge >= 0.3 is 0 Å². The van der Waals surface area contributed by atoms with Crippen LogP contribution in [0.1, 0.15) is 51.4 Å². The summed E-state index contributed by atoms with van der Waals surface area (Å²) in [5, 5.41) is 12.1. The van der Waals surface area contributed by atoms with E-state index in [1.165, 1.54) is 45.2 Å². The molecule has 0 radical (unpaired) electrons. The van der Waals surface area contributed by atoms with Crippen molar-refractivity contribution < 1.29 is 4.79 Å². The summed E-state index contributed by atoms with van der Waals surface area (Å²) in [7, 11) is 0. The first-order chi connectivity index (χ1) is 14.3. The van der Waals surface area contributed by atoms with E-state index in [-0.39, 0.29) is 11.8 Å². The molecule has 3 fully saturated rings. The van der Waals surface area contributed by atoms with Crippen molar-refractivity contribution in [3.05, 3.63) is 12.1 Å². The Hall–Kier alpha value is -1.89. The van der Waals surface area contributed by atoms with Gasteiger partial charge in [-0.1, -0.05) is 0 Å². The summed E-state index contributed by atoms with van der Waals surface area (Å²) in [5.41, 5.74) is 0. The number of nitrogens with zero attached hydrogens (tertiary/aromatic N) is 5. The van der Waals surface area contributed by atoms with E-state index >= 15 is 0 Å². The molecule has 0 bridgehead atoms. The summed E-state index contributed by atoms with van der Waals surface area (Å²) in [6.45, 7) is 8.32. The molecule has 4 rings (SSSR count). The third-order valence-corrected chi connectivity index (χ3v) is 6.66. The highest BCUT2D eigenvalue weighted by atomic mass is 16.1. The summed E-state index contributed by atoms with van der Waals surface area (Å²) in [4.78, 5) is 19.6. The van der Waals surface area contributed by atoms with Gasteiger partial charge in [-0.2, -0.15) is 0 Å². The van der Waals surface area contributed by atoms with Crippen molar-refractivity contribution in [2.45, 2.75) is 51.4 Å². The van der Waals surface area contributed by atoms with E-state index in [1.54, 1.807) is 0 Å². The number of nitrogens with one attached hydrogen (secondary N) is 1. The maximum atomic E-state index is 12.5. The second-order valence-corrected chi connectivity index (χ2v) is 8.75. The van der Waals surface area contributed by atoms with Crippen LogP contribution < -0.4 is 15.1 Å². The van der Waals surface area contributed by atoms with E-state index in [0.29, 0.717) is 0 Å². The molecule has 1 amide bonds. The van der Waals surface area contributed by atoms with Gasteiger partial charge < -0.3 is 20.0 Å². The maximum Gasteiger partial charge on any atom is 0.223 e.